The zero-order chi connectivity index (χ0) is 12.1. The van der Waals surface area contributed by atoms with E-state index in [0.717, 1.165) is 18.7 Å². The third-order valence-corrected chi connectivity index (χ3v) is 2.83. The standard InChI is InChI=1S/C12H14ClN3O/c13-11-3-1-4-12(17)10(11)9-14-6-8-16-7-2-5-15-16/h1-5,7,14,17H,6,8-9H2. The largest absolute Gasteiger partial charge is 0.508 e. The van der Waals surface area contributed by atoms with Gasteiger partial charge in [0.05, 0.1) is 6.54 Å². The molecule has 0 saturated heterocycles. The number of nitrogens with zero attached hydrogens (tertiary/aromatic N) is 2. The fourth-order valence-electron chi connectivity index (χ4n) is 1.56. The van der Waals surface area contributed by atoms with Crippen LogP contribution in [0.2, 0.25) is 5.02 Å². The second kappa shape index (κ2) is 5.70. The van der Waals surface area contributed by atoms with Gasteiger partial charge in [0, 0.05) is 36.1 Å². The Morgan fingerprint density at radius 1 is 1.35 bits per heavy atom. The predicted molar refractivity (Wildman–Crippen MR) is 67.1 cm³/mol. The summed E-state index contributed by atoms with van der Waals surface area (Å²) in [4.78, 5) is 0. The highest BCUT2D eigenvalue weighted by Gasteiger charge is 2.04. The Morgan fingerprint density at radius 2 is 2.24 bits per heavy atom. The highest BCUT2D eigenvalue weighted by molar-refractivity contribution is 6.31. The molecule has 17 heavy (non-hydrogen) atoms. The van der Waals surface area contributed by atoms with Gasteiger partial charge in [-0.15, -0.1) is 0 Å². The predicted octanol–water partition coefficient (Wildman–Crippen LogP) is 2.03. The topological polar surface area (TPSA) is 50.1 Å². The molecule has 0 amide bonds. The molecule has 0 bridgehead atoms. The number of phenolic OH excluding ortho intramolecular Hbond substituents is 1. The van der Waals surface area contributed by atoms with Crippen molar-refractivity contribution in [3.05, 3.63) is 47.2 Å². The number of hydrogen-bond acceptors (Lipinski definition) is 3. The molecule has 0 aliphatic rings. The Morgan fingerprint density at radius 3 is 2.94 bits per heavy atom. The second-order valence-electron chi connectivity index (χ2n) is 3.68. The molecule has 4 nitrogen and oxygen atoms in total. The highest BCUT2D eigenvalue weighted by atomic mass is 35.5. The molecule has 5 heteroatoms. The average Bonchev–Trinajstić information content (AvgIpc) is 2.80. The van der Waals surface area contributed by atoms with Gasteiger partial charge in [-0.05, 0) is 18.2 Å². The van der Waals surface area contributed by atoms with Gasteiger partial charge in [0.15, 0.2) is 0 Å². The minimum atomic E-state index is 0.226. The van der Waals surface area contributed by atoms with E-state index in [2.05, 4.69) is 10.4 Å². The monoisotopic (exact) mass is 251 g/mol. The van der Waals surface area contributed by atoms with Gasteiger partial charge in [-0.3, -0.25) is 4.68 Å². The molecule has 0 spiro atoms. The maximum Gasteiger partial charge on any atom is 0.121 e. The third-order valence-electron chi connectivity index (χ3n) is 2.47. The van der Waals surface area contributed by atoms with Gasteiger partial charge < -0.3 is 10.4 Å². The summed E-state index contributed by atoms with van der Waals surface area (Å²) in [7, 11) is 0. The molecule has 0 atom stereocenters. The summed E-state index contributed by atoms with van der Waals surface area (Å²) >= 11 is 5.99. The Hall–Kier alpha value is -1.52. The Kier molecular flexibility index (Phi) is 4.01. The lowest BCUT2D eigenvalue weighted by Crippen LogP contribution is -2.19. The first kappa shape index (κ1) is 12.0. The van der Waals surface area contributed by atoms with E-state index in [0.29, 0.717) is 11.6 Å². The molecule has 2 aromatic rings. The smallest absolute Gasteiger partial charge is 0.121 e. The maximum atomic E-state index is 9.63. The molecular formula is C12H14ClN3O. The number of nitrogens with one attached hydrogen (secondary N) is 1. The average molecular weight is 252 g/mol. The lowest BCUT2D eigenvalue weighted by Gasteiger charge is -2.08. The molecule has 1 heterocycles. The van der Waals surface area contributed by atoms with Crippen LogP contribution in [0.1, 0.15) is 5.56 Å². The van der Waals surface area contributed by atoms with Crippen molar-refractivity contribution < 1.29 is 5.11 Å². The number of phenols is 1. The Labute approximate surface area is 105 Å². The van der Waals surface area contributed by atoms with E-state index in [1.807, 2.05) is 16.9 Å². The first-order valence-corrected chi connectivity index (χ1v) is 5.79. The van der Waals surface area contributed by atoms with Crippen molar-refractivity contribution in [1.29, 1.82) is 0 Å². The summed E-state index contributed by atoms with van der Waals surface area (Å²) in [5.41, 5.74) is 0.731. The van der Waals surface area contributed by atoms with E-state index >= 15 is 0 Å². The maximum absolute atomic E-state index is 9.63. The SMILES string of the molecule is Oc1cccc(Cl)c1CNCCn1cccn1. The summed E-state index contributed by atoms with van der Waals surface area (Å²) in [5.74, 6) is 0.226. The molecule has 0 saturated carbocycles. The van der Waals surface area contributed by atoms with Gasteiger partial charge in [0.25, 0.3) is 0 Å². The molecule has 0 aliphatic carbocycles. The summed E-state index contributed by atoms with van der Waals surface area (Å²) in [6, 6.07) is 7.02. The quantitative estimate of drug-likeness (QED) is 0.800. The number of benzene rings is 1. The molecular weight excluding hydrogens is 238 g/mol. The van der Waals surface area contributed by atoms with Crippen LogP contribution in [0.25, 0.3) is 0 Å². The van der Waals surface area contributed by atoms with Crippen molar-refractivity contribution in [2.45, 2.75) is 13.1 Å². The van der Waals surface area contributed by atoms with Gasteiger partial charge in [-0.2, -0.15) is 5.10 Å². The highest BCUT2D eigenvalue weighted by Crippen LogP contribution is 2.24. The summed E-state index contributed by atoms with van der Waals surface area (Å²) in [6.07, 6.45) is 3.66. The zero-order valence-electron chi connectivity index (χ0n) is 9.31. The minimum Gasteiger partial charge on any atom is -0.508 e. The van der Waals surface area contributed by atoms with Crippen molar-refractivity contribution in [3.63, 3.8) is 0 Å². The van der Waals surface area contributed by atoms with Gasteiger partial charge in [0.2, 0.25) is 0 Å². The fourth-order valence-corrected chi connectivity index (χ4v) is 1.80. The summed E-state index contributed by atoms with van der Waals surface area (Å²) in [6.45, 7) is 2.11. The van der Waals surface area contributed by atoms with Crippen LogP contribution in [0.3, 0.4) is 0 Å². The van der Waals surface area contributed by atoms with Crippen LogP contribution in [0.4, 0.5) is 0 Å². The van der Waals surface area contributed by atoms with E-state index in [1.54, 1.807) is 24.4 Å². The number of aromatic hydroxyl groups is 1. The van der Waals surface area contributed by atoms with Crippen LogP contribution in [0, 0.1) is 0 Å². The molecule has 0 fully saturated rings. The van der Waals surface area contributed by atoms with E-state index in [4.69, 9.17) is 11.6 Å². The van der Waals surface area contributed by atoms with Crippen molar-refractivity contribution in [2.24, 2.45) is 0 Å². The molecule has 0 radical (unpaired) electrons. The molecule has 0 unspecified atom stereocenters. The van der Waals surface area contributed by atoms with Crippen molar-refractivity contribution in [1.82, 2.24) is 15.1 Å². The number of aromatic nitrogens is 2. The van der Waals surface area contributed by atoms with Crippen molar-refractivity contribution in [2.75, 3.05) is 6.54 Å². The number of hydrogen-bond donors (Lipinski definition) is 2. The summed E-state index contributed by atoms with van der Waals surface area (Å²) < 4.78 is 1.85. The fraction of sp³-hybridized carbons (Fsp3) is 0.250. The van der Waals surface area contributed by atoms with E-state index in [-0.39, 0.29) is 5.75 Å². The Bertz CT molecular complexity index is 450. The molecule has 1 aromatic heterocycles. The van der Waals surface area contributed by atoms with Crippen molar-refractivity contribution in [3.8, 4) is 5.75 Å². The van der Waals surface area contributed by atoms with Gasteiger partial charge in [0.1, 0.15) is 5.75 Å². The van der Waals surface area contributed by atoms with E-state index < -0.39 is 0 Å². The summed E-state index contributed by atoms with van der Waals surface area (Å²) in [5, 5.41) is 17.5. The zero-order valence-corrected chi connectivity index (χ0v) is 10.1. The van der Waals surface area contributed by atoms with Crippen LogP contribution >= 0.6 is 11.6 Å². The number of halogens is 1. The molecule has 1 aromatic carbocycles. The Balaban J connectivity index is 1.82. The minimum absolute atomic E-state index is 0.226. The second-order valence-corrected chi connectivity index (χ2v) is 4.09. The lowest BCUT2D eigenvalue weighted by atomic mass is 10.2. The van der Waals surface area contributed by atoms with E-state index in [1.165, 1.54) is 0 Å². The van der Waals surface area contributed by atoms with Gasteiger partial charge in [-0.25, -0.2) is 0 Å². The van der Waals surface area contributed by atoms with E-state index in [9.17, 15) is 5.11 Å². The van der Waals surface area contributed by atoms with Crippen molar-refractivity contribution >= 4 is 11.6 Å². The molecule has 90 valence electrons. The van der Waals surface area contributed by atoms with Crippen LogP contribution in [-0.2, 0) is 13.1 Å². The molecule has 2 rings (SSSR count). The third kappa shape index (κ3) is 3.22. The van der Waals surface area contributed by atoms with Crippen LogP contribution in [0.15, 0.2) is 36.7 Å². The number of rotatable bonds is 5. The first-order chi connectivity index (χ1) is 8.27. The molecule has 0 aliphatic heterocycles. The normalized spacial score (nSPS) is 10.6. The van der Waals surface area contributed by atoms with Crippen LogP contribution in [-0.4, -0.2) is 21.4 Å². The van der Waals surface area contributed by atoms with Gasteiger partial charge in [-0.1, -0.05) is 17.7 Å². The van der Waals surface area contributed by atoms with Crippen LogP contribution in [0.5, 0.6) is 5.75 Å². The lowest BCUT2D eigenvalue weighted by molar-refractivity contribution is 0.462. The van der Waals surface area contributed by atoms with Gasteiger partial charge >= 0.3 is 0 Å². The molecule has 2 N–H and O–H groups in total. The first-order valence-electron chi connectivity index (χ1n) is 5.42. The van der Waals surface area contributed by atoms with Crippen LogP contribution < -0.4 is 5.32 Å².